The molecule has 0 amide bonds. The van der Waals surface area contributed by atoms with Crippen LogP contribution in [0.15, 0.2) is 15.9 Å². The molecule has 2 fully saturated rings. The molecule has 4 nitrogen and oxygen atoms in total. The number of hydrogen-bond donors (Lipinski definition) is 1. The summed E-state index contributed by atoms with van der Waals surface area (Å²) >= 11 is 10.9. The van der Waals surface area contributed by atoms with Crippen LogP contribution in [0.5, 0.6) is 0 Å². The number of halogens is 1. The SMILES string of the molecule is S=C(NC[C@H]1CCCO1)N1CCN(Cc2ccc(Br)s2)CC1. The molecular weight excluding hydrogens is 382 g/mol. The van der Waals surface area contributed by atoms with Crippen LogP contribution in [0.1, 0.15) is 17.7 Å². The second-order valence-electron chi connectivity index (χ2n) is 5.79. The van der Waals surface area contributed by atoms with Crippen molar-refractivity contribution < 1.29 is 4.74 Å². The largest absolute Gasteiger partial charge is 0.376 e. The van der Waals surface area contributed by atoms with E-state index in [2.05, 4.69) is 43.2 Å². The molecule has 122 valence electrons. The average Bonchev–Trinajstić information content (AvgIpc) is 3.17. The second-order valence-corrected chi connectivity index (χ2v) is 8.72. The van der Waals surface area contributed by atoms with E-state index < -0.39 is 0 Å². The van der Waals surface area contributed by atoms with Gasteiger partial charge >= 0.3 is 0 Å². The van der Waals surface area contributed by atoms with E-state index >= 15 is 0 Å². The molecule has 1 aromatic rings. The average molecular weight is 404 g/mol. The van der Waals surface area contributed by atoms with Crippen molar-refractivity contribution in [2.24, 2.45) is 0 Å². The van der Waals surface area contributed by atoms with Gasteiger partial charge in [0.05, 0.1) is 9.89 Å². The summed E-state index contributed by atoms with van der Waals surface area (Å²) < 4.78 is 6.83. The molecule has 3 heterocycles. The zero-order chi connectivity index (χ0) is 15.4. The molecule has 7 heteroatoms. The van der Waals surface area contributed by atoms with Crippen molar-refractivity contribution in [1.29, 1.82) is 0 Å². The fourth-order valence-corrected chi connectivity index (χ4v) is 4.68. The van der Waals surface area contributed by atoms with Crippen LogP contribution in [0.25, 0.3) is 0 Å². The fourth-order valence-electron chi connectivity index (χ4n) is 2.88. The Morgan fingerprint density at radius 1 is 1.36 bits per heavy atom. The number of thiocarbonyl (C=S) groups is 1. The van der Waals surface area contributed by atoms with Crippen molar-refractivity contribution in [3.8, 4) is 0 Å². The lowest BCUT2D eigenvalue weighted by Crippen LogP contribution is -2.52. The Morgan fingerprint density at radius 2 is 2.18 bits per heavy atom. The van der Waals surface area contributed by atoms with Crippen molar-refractivity contribution >= 4 is 44.6 Å². The van der Waals surface area contributed by atoms with E-state index in [1.807, 2.05) is 11.3 Å². The number of hydrogen-bond acceptors (Lipinski definition) is 4. The topological polar surface area (TPSA) is 27.7 Å². The van der Waals surface area contributed by atoms with Gasteiger partial charge in [0.2, 0.25) is 0 Å². The highest BCUT2D eigenvalue weighted by Gasteiger charge is 2.21. The van der Waals surface area contributed by atoms with E-state index in [1.165, 1.54) is 15.1 Å². The van der Waals surface area contributed by atoms with Crippen molar-refractivity contribution in [2.45, 2.75) is 25.5 Å². The standard InChI is InChI=1S/C15H22BrN3OS2/c16-14-4-3-13(22-14)11-18-5-7-19(8-6-18)15(21)17-10-12-2-1-9-20-12/h3-4,12H,1-2,5-11H2,(H,17,21)/t12-/m1/s1. The van der Waals surface area contributed by atoms with Gasteiger partial charge in [-0.3, -0.25) is 4.90 Å². The Kier molecular flexibility index (Phi) is 6.09. The predicted molar refractivity (Wildman–Crippen MR) is 98.4 cm³/mol. The Bertz CT molecular complexity index is 497. The van der Waals surface area contributed by atoms with Gasteiger partial charge in [0.25, 0.3) is 0 Å². The summed E-state index contributed by atoms with van der Waals surface area (Å²) in [7, 11) is 0. The molecule has 0 unspecified atom stereocenters. The minimum Gasteiger partial charge on any atom is -0.376 e. The molecule has 1 atom stereocenters. The summed E-state index contributed by atoms with van der Waals surface area (Å²) in [6, 6.07) is 4.33. The first-order chi connectivity index (χ1) is 10.7. The number of piperazine rings is 1. The van der Waals surface area contributed by atoms with Crippen molar-refractivity contribution in [2.75, 3.05) is 39.3 Å². The van der Waals surface area contributed by atoms with Gasteiger partial charge in [-0.25, -0.2) is 0 Å². The number of nitrogens with zero attached hydrogens (tertiary/aromatic N) is 2. The van der Waals surface area contributed by atoms with Gasteiger partial charge in [-0.2, -0.15) is 0 Å². The molecule has 0 aliphatic carbocycles. The molecule has 2 aliphatic heterocycles. The molecule has 0 spiro atoms. The normalized spacial score (nSPS) is 23.0. The maximum Gasteiger partial charge on any atom is 0.169 e. The molecule has 0 radical (unpaired) electrons. The zero-order valence-corrected chi connectivity index (χ0v) is 15.8. The van der Waals surface area contributed by atoms with E-state index in [0.717, 1.165) is 57.4 Å². The van der Waals surface area contributed by atoms with Gasteiger partial charge in [0.1, 0.15) is 0 Å². The summed E-state index contributed by atoms with van der Waals surface area (Å²) in [5, 5.41) is 4.26. The highest BCUT2D eigenvalue weighted by molar-refractivity contribution is 9.11. The Labute approximate surface area is 149 Å². The lowest BCUT2D eigenvalue weighted by molar-refractivity contribution is 0.112. The third-order valence-corrected chi connectivity index (χ3v) is 6.18. The number of ether oxygens (including phenoxy) is 1. The molecule has 0 bridgehead atoms. The van der Waals surface area contributed by atoms with E-state index in [-0.39, 0.29) is 0 Å². The second kappa shape index (κ2) is 8.06. The van der Waals surface area contributed by atoms with Crippen LogP contribution in [0.3, 0.4) is 0 Å². The number of thiophene rings is 1. The van der Waals surface area contributed by atoms with Gasteiger partial charge in [0, 0.05) is 50.8 Å². The Hall–Kier alpha value is -0.210. The molecule has 2 saturated heterocycles. The minimum absolute atomic E-state index is 0.344. The van der Waals surface area contributed by atoms with Crippen LogP contribution in [-0.4, -0.2) is 60.3 Å². The minimum atomic E-state index is 0.344. The van der Waals surface area contributed by atoms with Crippen LogP contribution in [0, 0.1) is 0 Å². The smallest absolute Gasteiger partial charge is 0.169 e. The first-order valence-corrected chi connectivity index (χ1v) is 9.83. The van der Waals surface area contributed by atoms with Crippen LogP contribution in [0.4, 0.5) is 0 Å². The van der Waals surface area contributed by atoms with E-state index in [9.17, 15) is 0 Å². The molecule has 22 heavy (non-hydrogen) atoms. The van der Waals surface area contributed by atoms with Crippen molar-refractivity contribution in [3.63, 3.8) is 0 Å². The summed E-state index contributed by atoms with van der Waals surface area (Å²) in [6.45, 7) is 6.93. The Morgan fingerprint density at radius 3 is 2.82 bits per heavy atom. The lowest BCUT2D eigenvalue weighted by Gasteiger charge is -2.36. The summed E-state index contributed by atoms with van der Waals surface area (Å²) in [6.07, 6.45) is 2.67. The first kappa shape index (κ1) is 16.6. The molecule has 1 aromatic heterocycles. The summed E-state index contributed by atoms with van der Waals surface area (Å²) in [5.41, 5.74) is 0. The third kappa shape index (κ3) is 4.64. The van der Waals surface area contributed by atoms with Crippen LogP contribution in [-0.2, 0) is 11.3 Å². The van der Waals surface area contributed by atoms with Gasteiger partial charge in [-0.1, -0.05) is 0 Å². The molecule has 1 N–H and O–H groups in total. The van der Waals surface area contributed by atoms with Gasteiger partial charge in [0.15, 0.2) is 5.11 Å². The van der Waals surface area contributed by atoms with E-state index in [4.69, 9.17) is 17.0 Å². The van der Waals surface area contributed by atoms with Gasteiger partial charge in [-0.15, -0.1) is 11.3 Å². The zero-order valence-electron chi connectivity index (χ0n) is 12.6. The van der Waals surface area contributed by atoms with Gasteiger partial charge < -0.3 is 15.0 Å². The molecule has 2 aliphatic rings. The molecular formula is C15H22BrN3OS2. The van der Waals surface area contributed by atoms with E-state index in [0.29, 0.717) is 6.10 Å². The van der Waals surface area contributed by atoms with Crippen LogP contribution >= 0.6 is 39.5 Å². The number of rotatable bonds is 4. The maximum atomic E-state index is 5.62. The third-order valence-electron chi connectivity index (χ3n) is 4.17. The lowest BCUT2D eigenvalue weighted by atomic mass is 10.2. The van der Waals surface area contributed by atoms with Crippen LogP contribution in [0.2, 0.25) is 0 Å². The maximum absolute atomic E-state index is 5.62. The highest BCUT2D eigenvalue weighted by atomic mass is 79.9. The summed E-state index contributed by atoms with van der Waals surface area (Å²) in [4.78, 5) is 6.20. The number of nitrogens with one attached hydrogen (secondary N) is 1. The quantitative estimate of drug-likeness (QED) is 0.780. The molecule has 0 saturated carbocycles. The fraction of sp³-hybridized carbons (Fsp3) is 0.667. The van der Waals surface area contributed by atoms with Crippen molar-refractivity contribution in [1.82, 2.24) is 15.1 Å². The molecule has 0 aromatic carbocycles. The van der Waals surface area contributed by atoms with Crippen molar-refractivity contribution in [3.05, 3.63) is 20.8 Å². The van der Waals surface area contributed by atoms with E-state index in [1.54, 1.807) is 0 Å². The predicted octanol–water partition coefficient (Wildman–Crippen LogP) is 2.68. The highest BCUT2D eigenvalue weighted by Crippen LogP contribution is 2.23. The Balaban J connectivity index is 1.38. The van der Waals surface area contributed by atoms with Gasteiger partial charge in [-0.05, 0) is 53.1 Å². The molecule has 3 rings (SSSR count). The van der Waals surface area contributed by atoms with Crippen LogP contribution < -0.4 is 5.32 Å². The monoisotopic (exact) mass is 403 g/mol. The summed E-state index contributed by atoms with van der Waals surface area (Å²) in [5.74, 6) is 0. The first-order valence-electron chi connectivity index (χ1n) is 7.81.